The quantitative estimate of drug-likeness (QED) is 0.852. The summed E-state index contributed by atoms with van der Waals surface area (Å²) in [6.07, 6.45) is 2.92. The van der Waals surface area contributed by atoms with Gasteiger partial charge in [0, 0.05) is 0 Å². The van der Waals surface area contributed by atoms with Crippen LogP contribution >= 0.6 is 0 Å². The number of rotatable bonds is 3. The Morgan fingerprint density at radius 2 is 2.25 bits per heavy atom. The number of benzene rings is 1. The van der Waals surface area contributed by atoms with E-state index in [0.717, 1.165) is 24.8 Å². The number of carboxylic acids is 1. The Kier molecular flexibility index (Phi) is 3.22. The van der Waals surface area contributed by atoms with Crippen molar-refractivity contribution in [1.82, 2.24) is 0 Å². The summed E-state index contributed by atoms with van der Waals surface area (Å²) in [6, 6.07) is 6.91. The minimum absolute atomic E-state index is 0.0732. The lowest BCUT2D eigenvalue weighted by Crippen LogP contribution is -2.09. The Hall–Kier alpha value is -1.38. The van der Waals surface area contributed by atoms with Crippen LogP contribution in [-0.4, -0.2) is 17.8 Å². The molecule has 16 heavy (non-hydrogen) atoms. The molecule has 0 aliphatic heterocycles. The molecule has 2 nitrogen and oxygen atoms in total. The van der Waals surface area contributed by atoms with Crippen LogP contribution in [0.15, 0.2) is 24.3 Å². The molecule has 3 heteroatoms. The van der Waals surface area contributed by atoms with E-state index >= 15 is 0 Å². The molecular weight excluding hydrogens is 207 g/mol. The van der Waals surface area contributed by atoms with Gasteiger partial charge in [0.2, 0.25) is 0 Å². The second-order valence-corrected chi connectivity index (χ2v) is 4.38. The van der Waals surface area contributed by atoms with E-state index in [2.05, 4.69) is 0 Å². The van der Waals surface area contributed by atoms with Crippen LogP contribution in [0.1, 0.15) is 41.1 Å². The van der Waals surface area contributed by atoms with E-state index in [-0.39, 0.29) is 18.5 Å². The first-order valence-electron chi connectivity index (χ1n) is 5.61. The van der Waals surface area contributed by atoms with Gasteiger partial charge in [-0.1, -0.05) is 18.6 Å². The highest BCUT2D eigenvalue weighted by Crippen LogP contribution is 2.39. The summed E-state index contributed by atoms with van der Waals surface area (Å²) >= 11 is 0. The Balaban J connectivity index is 2.26. The number of carboxylic acid groups (broad SMARTS) is 1. The van der Waals surface area contributed by atoms with Crippen LogP contribution in [0.4, 0.5) is 4.39 Å². The van der Waals surface area contributed by atoms with Crippen molar-refractivity contribution in [2.45, 2.75) is 25.2 Å². The minimum Gasteiger partial charge on any atom is -0.478 e. The molecule has 1 fully saturated rings. The van der Waals surface area contributed by atoms with E-state index in [1.165, 1.54) is 0 Å². The summed E-state index contributed by atoms with van der Waals surface area (Å²) in [7, 11) is 0. The molecule has 1 aromatic carbocycles. The predicted octanol–water partition coefficient (Wildman–Crippen LogP) is 3.24. The van der Waals surface area contributed by atoms with Crippen LogP contribution in [0.2, 0.25) is 0 Å². The zero-order valence-corrected chi connectivity index (χ0v) is 9.03. The van der Waals surface area contributed by atoms with E-state index < -0.39 is 5.97 Å². The molecule has 0 bridgehead atoms. The maximum atomic E-state index is 12.8. The predicted molar refractivity (Wildman–Crippen MR) is 59.5 cm³/mol. The normalized spacial score (nSPS) is 24.6. The van der Waals surface area contributed by atoms with E-state index in [1.807, 2.05) is 6.07 Å². The molecule has 2 rings (SSSR count). The van der Waals surface area contributed by atoms with Gasteiger partial charge in [0.05, 0.1) is 12.2 Å². The van der Waals surface area contributed by atoms with Crippen molar-refractivity contribution < 1.29 is 14.3 Å². The number of carbonyl (C=O) groups is 1. The molecule has 1 saturated carbocycles. The number of aromatic carboxylic acids is 1. The highest BCUT2D eigenvalue weighted by atomic mass is 19.1. The van der Waals surface area contributed by atoms with Gasteiger partial charge in [-0.05, 0) is 42.4 Å². The number of hydrogen-bond acceptors (Lipinski definition) is 1. The highest BCUT2D eigenvalue weighted by Gasteiger charge is 2.28. The second kappa shape index (κ2) is 4.64. The molecule has 0 heterocycles. The Bertz CT molecular complexity index is 389. The molecule has 1 N–H and O–H groups in total. The molecule has 0 radical (unpaired) electrons. The second-order valence-electron chi connectivity index (χ2n) is 4.38. The Labute approximate surface area is 94.1 Å². The molecule has 0 aromatic heterocycles. The lowest BCUT2D eigenvalue weighted by atomic mass is 9.89. The molecule has 2 unspecified atom stereocenters. The molecule has 2 atom stereocenters. The summed E-state index contributed by atoms with van der Waals surface area (Å²) in [5.41, 5.74) is 1.27. The molecule has 0 amide bonds. The third-order valence-corrected chi connectivity index (χ3v) is 3.42. The number of halogens is 1. The van der Waals surface area contributed by atoms with Crippen molar-refractivity contribution in [3.05, 3.63) is 35.4 Å². The lowest BCUT2D eigenvalue weighted by Gasteiger charge is -2.17. The van der Waals surface area contributed by atoms with Crippen LogP contribution in [-0.2, 0) is 0 Å². The summed E-state index contributed by atoms with van der Waals surface area (Å²) in [5, 5.41) is 8.90. The Morgan fingerprint density at radius 1 is 1.44 bits per heavy atom. The van der Waals surface area contributed by atoms with Gasteiger partial charge in [0.15, 0.2) is 0 Å². The maximum absolute atomic E-state index is 12.8. The van der Waals surface area contributed by atoms with Crippen LogP contribution in [0, 0.1) is 5.92 Å². The van der Waals surface area contributed by atoms with Gasteiger partial charge < -0.3 is 5.11 Å². The highest BCUT2D eigenvalue weighted by molar-refractivity contribution is 5.87. The van der Waals surface area contributed by atoms with Crippen molar-refractivity contribution in [3.8, 4) is 0 Å². The van der Waals surface area contributed by atoms with Gasteiger partial charge in [0.1, 0.15) is 0 Å². The molecular formula is C13H15FO2. The first kappa shape index (κ1) is 11.1. The Morgan fingerprint density at radius 3 is 2.94 bits per heavy atom. The maximum Gasteiger partial charge on any atom is 0.335 e. The van der Waals surface area contributed by atoms with Crippen molar-refractivity contribution >= 4 is 5.97 Å². The number of alkyl halides is 1. The average Bonchev–Trinajstić information content (AvgIpc) is 2.77. The fourth-order valence-corrected chi connectivity index (χ4v) is 2.56. The molecule has 86 valence electrons. The minimum atomic E-state index is -0.920. The van der Waals surface area contributed by atoms with Crippen molar-refractivity contribution in [3.63, 3.8) is 0 Å². The van der Waals surface area contributed by atoms with Gasteiger partial charge in [-0.15, -0.1) is 0 Å². The molecule has 0 saturated heterocycles. The van der Waals surface area contributed by atoms with Gasteiger partial charge in [0.25, 0.3) is 0 Å². The zero-order valence-electron chi connectivity index (χ0n) is 9.03. The first-order chi connectivity index (χ1) is 7.72. The van der Waals surface area contributed by atoms with E-state index in [1.54, 1.807) is 18.2 Å². The summed E-state index contributed by atoms with van der Waals surface area (Å²) in [4.78, 5) is 10.8. The van der Waals surface area contributed by atoms with E-state index in [4.69, 9.17) is 5.11 Å². The van der Waals surface area contributed by atoms with E-state index in [9.17, 15) is 9.18 Å². The van der Waals surface area contributed by atoms with Crippen LogP contribution in [0.3, 0.4) is 0 Å². The third-order valence-electron chi connectivity index (χ3n) is 3.42. The summed E-state index contributed by atoms with van der Waals surface area (Å²) < 4.78 is 12.8. The monoisotopic (exact) mass is 222 g/mol. The van der Waals surface area contributed by atoms with Gasteiger partial charge in [-0.3, -0.25) is 4.39 Å². The largest absolute Gasteiger partial charge is 0.478 e. The SMILES string of the molecule is O=C(O)c1cccc(C2CCCC2CF)c1. The van der Waals surface area contributed by atoms with Gasteiger partial charge >= 0.3 is 5.97 Å². The van der Waals surface area contributed by atoms with Crippen LogP contribution in [0.5, 0.6) is 0 Å². The fourth-order valence-electron chi connectivity index (χ4n) is 2.56. The molecule has 1 aromatic rings. The van der Waals surface area contributed by atoms with E-state index in [0.29, 0.717) is 5.56 Å². The topological polar surface area (TPSA) is 37.3 Å². The third kappa shape index (κ3) is 2.08. The van der Waals surface area contributed by atoms with Gasteiger partial charge in [-0.25, -0.2) is 4.79 Å². The number of hydrogen-bond donors (Lipinski definition) is 1. The summed E-state index contributed by atoms with van der Waals surface area (Å²) in [6.45, 7) is -0.304. The van der Waals surface area contributed by atoms with Crippen LogP contribution in [0.25, 0.3) is 0 Å². The standard InChI is InChI=1S/C13H15FO2/c14-8-11-5-2-6-12(11)9-3-1-4-10(7-9)13(15)16/h1,3-4,7,11-12H,2,5-6,8H2,(H,15,16). The van der Waals surface area contributed by atoms with Gasteiger partial charge in [-0.2, -0.15) is 0 Å². The van der Waals surface area contributed by atoms with Crippen molar-refractivity contribution in [2.75, 3.05) is 6.67 Å². The fraction of sp³-hybridized carbons (Fsp3) is 0.462. The molecule has 1 aliphatic carbocycles. The zero-order chi connectivity index (χ0) is 11.5. The molecule has 1 aliphatic rings. The smallest absolute Gasteiger partial charge is 0.335 e. The first-order valence-corrected chi connectivity index (χ1v) is 5.61. The van der Waals surface area contributed by atoms with Crippen molar-refractivity contribution in [1.29, 1.82) is 0 Å². The van der Waals surface area contributed by atoms with Crippen molar-refractivity contribution in [2.24, 2.45) is 5.92 Å². The lowest BCUT2D eigenvalue weighted by molar-refractivity contribution is 0.0696. The summed E-state index contributed by atoms with van der Waals surface area (Å²) in [5.74, 6) is -0.648. The average molecular weight is 222 g/mol. The molecule has 0 spiro atoms. The van der Waals surface area contributed by atoms with Crippen LogP contribution < -0.4 is 0 Å².